The van der Waals surface area contributed by atoms with Crippen molar-refractivity contribution in [2.24, 2.45) is 17.5 Å². The number of nitrogens with two attached hydrogens (primary N) is 3. The van der Waals surface area contributed by atoms with E-state index < -0.39 is 0 Å². The van der Waals surface area contributed by atoms with Crippen molar-refractivity contribution < 1.29 is 9.90 Å². The molecule has 1 unspecified atom stereocenters. The smallest absolute Gasteiger partial charge is 0.297 e. The molecule has 0 heterocycles. The Hall–Kier alpha value is -3.80. The van der Waals surface area contributed by atoms with E-state index in [0.717, 1.165) is 17.0 Å². The second-order valence-electron chi connectivity index (χ2n) is 7.84. The van der Waals surface area contributed by atoms with Crippen LogP contribution in [0, 0.1) is 5.92 Å². The van der Waals surface area contributed by atoms with Crippen LogP contribution in [-0.2, 0) is 0 Å². The first-order valence-electron chi connectivity index (χ1n) is 9.97. The Labute approximate surface area is 175 Å². The summed E-state index contributed by atoms with van der Waals surface area (Å²) in [5, 5.41) is 5.41. The molecule has 0 aromatic heterocycles. The monoisotopic (exact) mass is 400 g/mol. The van der Waals surface area contributed by atoms with E-state index in [0.29, 0.717) is 28.4 Å². The van der Waals surface area contributed by atoms with Crippen LogP contribution < -0.4 is 27.7 Å². The van der Waals surface area contributed by atoms with E-state index in [1.54, 1.807) is 24.3 Å². The highest BCUT2D eigenvalue weighted by Crippen LogP contribution is 2.47. The normalized spacial score (nSPS) is 18.1. The number of benzene rings is 3. The predicted octanol–water partition coefficient (Wildman–Crippen LogP) is 1.97. The number of carbonyl (C=O) groups is 1. The van der Waals surface area contributed by atoms with Gasteiger partial charge in [0.25, 0.3) is 11.7 Å². The fourth-order valence-electron chi connectivity index (χ4n) is 3.75. The molecule has 3 aromatic carbocycles. The van der Waals surface area contributed by atoms with Crippen molar-refractivity contribution in [2.75, 3.05) is 11.1 Å². The van der Waals surface area contributed by atoms with Gasteiger partial charge in [0.15, 0.2) is 0 Å². The summed E-state index contributed by atoms with van der Waals surface area (Å²) >= 11 is 0. The van der Waals surface area contributed by atoms with E-state index in [2.05, 4.69) is 41.6 Å². The highest BCUT2D eigenvalue weighted by Gasteiger charge is 2.33. The van der Waals surface area contributed by atoms with Gasteiger partial charge in [-0.05, 0) is 65.3 Å². The minimum atomic E-state index is -0.272. The number of amides is 1. The lowest BCUT2D eigenvalue weighted by atomic mass is 9.98. The number of hydrazine groups is 1. The van der Waals surface area contributed by atoms with Gasteiger partial charge in [0.05, 0.1) is 11.3 Å². The molecule has 2 atom stereocenters. The Bertz CT molecular complexity index is 1140. The molecule has 0 aliphatic heterocycles. The molecule has 6 nitrogen and oxygen atoms in total. The third-order valence-electron chi connectivity index (χ3n) is 5.62. The second-order valence-corrected chi connectivity index (χ2v) is 7.84. The molecule has 0 spiro atoms. The summed E-state index contributed by atoms with van der Waals surface area (Å²) in [5.41, 5.74) is 17.4. The van der Waals surface area contributed by atoms with E-state index in [1.165, 1.54) is 12.0 Å². The average Bonchev–Trinajstić information content (AvgIpc) is 3.50. The van der Waals surface area contributed by atoms with Gasteiger partial charge in [0.2, 0.25) is 0 Å². The molecule has 0 radical (unpaired) electrons. The Morgan fingerprint density at radius 2 is 1.77 bits per heavy atom. The number of hydrogen-bond acceptors (Lipinski definition) is 3. The Morgan fingerprint density at radius 1 is 1.03 bits per heavy atom. The zero-order valence-corrected chi connectivity index (χ0v) is 16.9. The summed E-state index contributed by atoms with van der Waals surface area (Å²) in [4.78, 5) is 12.8. The lowest BCUT2D eigenvalue weighted by Gasteiger charge is -2.12. The third kappa shape index (κ3) is 3.98. The molecule has 4 rings (SSSR count). The molecular formula is C24H26N5O+. The fourth-order valence-corrected chi connectivity index (χ4v) is 3.75. The molecule has 3 aromatic rings. The topological polar surface area (TPSA) is 121 Å². The average molecular weight is 401 g/mol. The second kappa shape index (κ2) is 7.91. The van der Waals surface area contributed by atoms with Gasteiger partial charge < -0.3 is 11.1 Å². The van der Waals surface area contributed by atoms with Crippen LogP contribution in [0.4, 0.5) is 11.4 Å². The molecule has 8 N–H and O–H groups in total. The first-order chi connectivity index (χ1) is 14.5. The van der Waals surface area contributed by atoms with Gasteiger partial charge in [-0.25, -0.2) is 0 Å². The van der Waals surface area contributed by atoms with Gasteiger partial charge >= 0.3 is 0 Å². The van der Waals surface area contributed by atoms with Crippen molar-refractivity contribution in [3.8, 4) is 11.1 Å². The van der Waals surface area contributed by atoms with E-state index in [4.69, 9.17) is 17.3 Å². The first kappa shape index (κ1) is 19.5. The number of carbonyl (C=O) groups excluding carboxylic acids is 1. The maximum absolute atomic E-state index is 12.8. The summed E-state index contributed by atoms with van der Waals surface area (Å²) < 4.78 is 0. The van der Waals surface area contributed by atoms with Gasteiger partial charge in [0, 0.05) is 11.3 Å². The van der Waals surface area contributed by atoms with E-state index in [9.17, 15) is 4.79 Å². The summed E-state index contributed by atoms with van der Waals surface area (Å²) in [6.45, 7) is 2.27. The van der Waals surface area contributed by atoms with Crippen molar-refractivity contribution in [1.29, 1.82) is 0 Å². The Morgan fingerprint density at radius 3 is 2.47 bits per heavy atom. The highest BCUT2D eigenvalue weighted by molar-refractivity contribution is 6.09. The summed E-state index contributed by atoms with van der Waals surface area (Å²) in [7, 11) is 0. The van der Waals surface area contributed by atoms with Crippen LogP contribution in [0.1, 0.15) is 40.7 Å². The maximum Gasteiger partial charge on any atom is 0.297 e. The van der Waals surface area contributed by atoms with Gasteiger partial charge in [-0.3, -0.25) is 16.4 Å². The van der Waals surface area contributed by atoms with Crippen molar-refractivity contribution in [3.05, 3.63) is 83.4 Å². The van der Waals surface area contributed by atoms with Crippen LogP contribution in [0.2, 0.25) is 0 Å². The lowest BCUT2D eigenvalue weighted by Crippen LogP contribution is -2.82. The minimum absolute atomic E-state index is 0.269. The summed E-state index contributed by atoms with van der Waals surface area (Å²) in [5.74, 6) is 6.89. The molecule has 1 fully saturated rings. The van der Waals surface area contributed by atoms with Crippen molar-refractivity contribution in [1.82, 2.24) is 0 Å². The number of amidine groups is 1. The summed E-state index contributed by atoms with van der Waals surface area (Å²) in [6.07, 6.45) is 1.23. The number of rotatable bonds is 5. The van der Waals surface area contributed by atoms with Crippen LogP contribution >= 0.6 is 0 Å². The fraction of sp³-hybridized carbons (Fsp3) is 0.167. The van der Waals surface area contributed by atoms with Gasteiger partial charge in [-0.15, -0.1) is 0 Å². The predicted molar refractivity (Wildman–Crippen MR) is 121 cm³/mol. The van der Waals surface area contributed by atoms with Crippen LogP contribution in [0.3, 0.4) is 0 Å². The van der Waals surface area contributed by atoms with Gasteiger partial charge in [-0.2, -0.15) is 5.10 Å². The number of hydrogen-bond donors (Lipinski definition) is 5. The lowest BCUT2D eigenvalue weighted by molar-refractivity contribution is -0.469. The minimum Gasteiger partial charge on any atom is -0.399 e. The zero-order valence-electron chi connectivity index (χ0n) is 16.9. The Kier molecular flexibility index (Phi) is 5.14. The molecule has 0 saturated heterocycles. The molecule has 30 heavy (non-hydrogen) atoms. The number of anilines is 2. The van der Waals surface area contributed by atoms with Gasteiger partial charge in [0.1, 0.15) is 0 Å². The molecule has 1 aliphatic rings. The van der Waals surface area contributed by atoms with Crippen LogP contribution in [0.25, 0.3) is 11.1 Å². The first-order valence-corrected chi connectivity index (χ1v) is 9.97. The Balaban J connectivity index is 1.70. The summed E-state index contributed by atoms with van der Waals surface area (Å²) in [6, 6.07) is 21.1. The molecule has 152 valence electrons. The molecule has 1 aliphatic carbocycles. The SMILES string of the molecule is CC1C[C@@H]1c1cccc(-c2ccc(/C(N)=[NH+]/N)c(NC(=O)c3cccc(N)c3)c2)c1. The van der Waals surface area contributed by atoms with Crippen LogP contribution in [-0.4, -0.2) is 11.7 Å². The highest BCUT2D eigenvalue weighted by atomic mass is 16.1. The third-order valence-corrected chi connectivity index (χ3v) is 5.62. The molecule has 1 amide bonds. The standard InChI is InChI=1S/C24H25N5O/c1-14-10-21(14)17-5-2-4-15(11-17)16-8-9-20(23(26)29-27)22(13-16)28-24(30)18-6-3-7-19(25)12-18/h2-9,11-14,21H,10,25,27H2,1H3,(H2,26,29)(H,28,30)/p+1/t14?,21-/m0/s1. The van der Waals surface area contributed by atoms with Crippen molar-refractivity contribution in [2.45, 2.75) is 19.3 Å². The van der Waals surface area contributed by atoms with Crippen molar-refractivity contribution in [3.63, 3.8) is 0 Å². The molecule has 1 saturated carbocycles. The molecule has 0 bridgehead atoms. The van der Waals surface area contributed by atoms with E-state index in [1.807, 2.05) is 18.2 Å². The maximum atomic E-state index is 12.8. The number of nitrogens with one attached hydrogen (secondary N) is 2. The van der Waals surface area contributed by atoms with Gasteiger partial charge in [-0.1, -0.05) is 43.3 Å². The van der Waals surface area contributed by atoms with Crippen LogP contribution in [0.5, 0.6) is 0 Å². The van der Waals surface area contributed by atoms with Crippen LogP contribution in [0.15, 0.2) is 66.7 Å². The number of nitrogen functional groups attached to an aromatic ring is 2. The molecule has 6 heteroatoms. The van der Waals surface area contributed by atoms with E-state index in [-0.39, 0.29) is 11.7 Å². The zero-order chi connectivity index (χ0) is 21.3. The van der Waals surface area contributed by atoms with Crippen molar-refractivity contribution >= 4 is 23.1 Å². The quantitative estimate of drug-likeness (QED) is 0.148. The largest absolute Gasteiger partial charge is 0.399 e. The number of hydrazone groups is 1. The van der Waals surface area contributed by atoms with E-state index >= 15 is 0 Å². The molecular weight excluding hydrogens is 374 g/mol.